The van der Waals surface area contributed by atoms with Crippen molar-refractivity contribution in [2.24, 2.45) is 0 Å². The van der Waals surface area contributed by atoms with Crippen LogP contribution in [0.4, 0.5) is 0 Å². The number of hydrogen-bond acceptors (Lipinski definition) is 4. The number of fused-ring (bicyclic) bond motifs is 1. The zero-order valence-electron chi connectivity index (χ0n) is 16.6. The number of halogens is 1. The van der Waals surface area contributed by atoms with E-state index < -0.39 is 5.41 Å². The molecule has 0 bridgehead atoms. The van der Waals surface area contributed by atoms with Crippen molar-refractivity contribution in [3.63, 3.8) is 0 Å². The third-order valence-electron chi connectivity index (χ3n) is 5.71. The largest absolute Gasteiger partial charge is 0.486 e. The van der Waals surface area contributed by atoms with E-state index in [1.807, 2.05) is 18.2 Å². The Morgan fingerprint density at radius 3 is 2.69 bits per heavy atom. The van der Waals surface area contributed by atoms with Crippen LogP contribution < -0.4 is 14.8 Å². The Morgan fingerprint density at radius 2 is 1.90 bits per heavy atom. The normalized spacial score (nSPS) is 17.6. The second kappa shape index (κ2) is 8.64. The van der Waals surface area contributed by atoms with Gasteiger partial charge in [0.2, 0.25) is 5.91 Å². The standard InChI is InChI=1S/C23H26ClNO4/c1-16-3-2-4-18(13-16)23(6-9-27-10-7-23)22(26)25-8-5-17-14-19(24)21-20(15-17)28-11-12-29-21/h2-4,13-15H,5-12H2,1H3,(H,25,26). The first kappa shape index (κ1) is 20.0. The highest BCUT2D eigenvalue weighted by Crippen LogP contribution is 2.38. The Bertz CT molecular complexity index is 892. The van der Waals surface area contributed by atoms with Crippen molar-refractivity contribution >= 4 is 17.5 Å². The van der Waals surface area contributed by atoms with Crippen molar-refractivity contribution in [3.05, 3.63) is 58.1 Å². The molecule has 1 fully saturated rings. The summed E-state index contributed by atoms with van der Waals surface area (Å²) < 4.78 is 16.8. The van der Waals surface area contributed by atoms with Gasteiger partial charge in [0.1, 0.15) is 13.2 Å². The lowest BCUT2D eigenvalue weighted by molar-refractivity contribution is -0.130. The zero-order valence-corrected chi connectivity index (χ0v) is 17.4. The van der Waals surface area contributed by atoms with Crippen molar-refractivity contribution in [1.29, 1.82) is 0 Å². The lowest BCUT2D eigenvalue weighted by atomic mass is 9.73. The van der Waals surface area contributed by atoms with Gasteiger partial charge >= 0.3 is 0 Å². The predicted octanol–water partition coefficient (Wildman–Crippen LogP) is 3.83. The summed E-state index contributed by atoms with van der Waals surface area (Å²) in [6.45, 7) is 4.80. The van der Waals surface area contributed by atoms with Crippen LogP contribution in [0.25, 0.3) is 0 Å². The van der Waals surface area contributed by atoms with Crippen LogP contribution in [-0.4, -0.2) is 38.9 Å². The van der Waals surface area contributed by atoms with E-state index in [1.54, 1.807) is 0 Å². The van der Waals surface area contributed by atoms with Crippen LogP contribution >= 0.6 is 11.6 Å². The Kier molecular flexibility index (Phi) is 5.97. The Labute approximate surface area is 176 Å². The van der Waals surface area contributed by atoms with E-state index in [0.717, 1.165) is 16.7 Å². The second-order valence-corrected chi connectivity index (χ2v) is 8.08. The van der Waals surface area contributed by atoms with Gasteiger partial charge in [0.15, 0.2) is 11.5 Å². The molecule has 0 aromatic heterocycles. The smallest absolute Gasteiger partial charge is 0.230 e. The predicted molar refractivity (Wildman–Crippen MR) is 112 cm³/mol. The van der Waals surface area contributed by atoms with E-state index in [9.17, 15) is 4.79 Å². The molecule has 29 heavy (non-hydrogen) atoms. The maximum atomic E-state index is 13.3. The van der Waals surface area contributed by atoms with Gasteiger partial charge in [-0.2, -0.15) is 0 Å². The number of aryl methyl sites for hydroxylation is 1. The van der Waals surface area contributed by atoms with Gasteiger partial charge in [0, 0.05) is 19.8 Å². The highest BCUT2D eigenvalue weighted by atomic mass is 35.5. The molecule has 6 heteroatoms. The molecule has 2 aliphatic rings. The van der Waals surface area contributed by atoms with Gasteiger partial charge in [-0.25, -0.2) is 0 Å². The van der Waals surface area contributed by atoms with Crippen LogP contribution in [0, 0.1) is 6.92 Å². The van der Waals surface area contributed by atoms with Crippen molar-refractivity contribution in [2.75, 3.05) is 33.0 Å². The first-order valence-corrected chi connectivity index (χ1v) is 10.5. The Hall–Kier alpha value is -2.24. The van der Waals surface area contributed by atoms with Gasteiger partial charge in [-0.05, 0) is 49.4 Å². The minimum Gasteiger partial charge on any atom is -0.486 e. The van der Waals surface area contributed by atoms with Crippen molar-refractivity contribution < 1.29 is 19.0 Å². The first-order chi connectivity index (χ1) is 14.1. The summed E-state index contributed by atoms with van der Waals surface area (Å²) >= 11 is 6.32. The SMILES string of the molecule is Cc1cccc(C2(C(=O)NCCc3cc(Cl)c4c(c3)OCCO4)CCOCC2)c1. The van der Waals surface area contributed by atoms with Crippen LogP contribution in [0.2, 0.25) is 5.02 Å². The fourth-order valence-electron chi connectivity index (χ4n) is 4.11. The molecule has 0 radical (unpaired) electrons. The average Bonchev–Trinajstić information content (AvgIpc) is 2.74. The van der Waals surface area contributed by atoms with E-state index in [1.165, 1.54) is 0 Å². The first-order valence-electron chi connectivity index (χ1n) is 10.1. The minimum atomic E-state index is -0.533. The summed E-state index contributed by atoms with van der Waals surface area (Å²) in [5, 5.41) is 3.70. The van der Waals surface area contributed by atoms with Crippen LogP contribution in [0.1, 0.15) is 29.5 Å². The van der Waals surface area contributed by atoms with Gasteiger partial charge in [0.05, 0.1) is 10.4 Å². The van der Waals surface area contributed by atoms with Gasteiger partial charge in [-0.3, -0.25) is 4.79 Å². The fraction of sp³-hybridized carbons (Fsp3) is 0.435. The molecule has 0 atom stereocenters. The number of carbonyl (C=O) groups excluding carboxylic acids is 1. The second-order valence-electron chi connectivity index (χ2n) is 7.67. The van der Waals surface area contributed by atoms with E-state index in [2.05, 4.69) is 30.4 Å². The van der Waals surface area contributed by atoms with Crippen LogP contribution in [-0.2, 0) is 21.4 Å². The molecular weight excluding hydrogens is 390 g/mol. The van der Waals surface area contributed by atoms with Gasteiger partial charge in [-0.1, -0.05) is 41.4 Å². The molecular formula is C23H26ClNO4. The molecule has 154 valence electrons. The van der Waals surface area contributed by atoms with Crippen LogP contribution in [0.3, 0.4) is 0 Å². The molecule has 2 aromatic carbocycles. The van der Waals surface area contributed by atoms with E-state index in [-0.39, 0.29) is 5.91 Å². The summed E-state index contributed by atoms with van der Waals surface area (Å²) in [4.78, 5) is 13.3. The molecule has 1 saturated heterocycles. The Balaban J connectivity index is 1.46. The number of carbonyl (C=O) groups is 1. The van der Waals surface area contributed by atoms with E-state index >= 15 is 0 Å². The van der Waals surface area contributed by atoms with Crippen LogP contribution in [0.5, 0.6) is 11.5 Å². The Morgan fingerprint density at radius 1 is 1.10 bits per heavy atom. The lowest BCUT2D eigenvalue weighted by Gasteiger charge is -2.36. The van der Waals surface area contributed by atoms with Gasteiger partial charge in [-0.15, -0.1) is 0 Å². The van der Waals surface area contributed by atoms with Gasteiger partial charge < -0.3 is 19.5 Å². The molecule has 4 rings (SSSR count). The van der Waals surface area contributed by atoms with Crippen molar-refractivity contribution in [3.8, 4) is 11.5 Å². The van der Waals surface area contributed by atoms with Gasteiger partial charge in [0.25, 0.3) is 0 Å². The lowest BCUT2D eigenvalue weighted by Crippen LogP contribution is -2.48. The molecule has 2 aromatic rings. The molecule has 1 N–H and O–H groups in total. The van der Waals surface area contributed by atoms with Crippen LogP contribution in [0.15, 0.2) is 36.4 Å². The number of benzene rings is 2. The summed E-state index contributed by atoms with van der Waals surface area (Å²) in [5.41, 5.74) is 2.71. The topological polar surface area (TPSA) is 56.8 Å². The zero-order chi connectivity index (χ0) is 20.3. The summed E-state index contributed by atoms with van der Waals surface area (Å²) in [6.07, 6.45) is 2.05. The van der Waals surface area contributed by atoms with E-state index in [0.29, 0.717) is 68.8 Å². The monoisotopic (exact) mass is 415 g/mol. The maximum absolute atomic E-state index is 13.3. The number of hydrogen-bond donors (Lipinski definition) is 1. The number of ether oxygens (including phenoxy) is 3. The van der Waals surface area contributed by atoms with Crippen molar-refractivity contribution in [1.82, 2.24) is 5.32 Å². The fourth-order valence-corrected chi connectivity index (χ4v) is 4.40. The highest BCUT2D eigenvalue weighted by Gasteiger charge is 2.41. The molecule has 0 aliphatic carbocycles. The van der Waals surface area contributed by atoms with E-state index in [4.69, 9.17) is 25.8 Å². The molecule has 0 saturated carbocycles. The highest BCUT2D eigenvalue weighted by molar-refractivity contribution is 6.32. The molecule has 2 aliphatic heterocycles. The quantitative estimate of drug-likeness (QED) is 0.806. The molecule has 1 amide bonds. The van der Waals surface area contributed by atoms with Crippen molar-refractivity contribution in [2.45, 2.75) is 31.6 Å². The molecule has 5 nitrogen and oxygen atoms in total. The number of nitrogens with one attached hydrogen (secondary N) is 1. The third-order valence-corrected chi connectivity index (χ3v) is 5.99. The summed E-state index contributed by atoms with van der Waals surface area (Å²) in [5.74, 6) is 1.34. The maximum Gasteiger partial charge on any atom is 0.230 e. The minimum absolute atomic E-state index is 0.0649. The number of amides is 1. The molecule has 0 spiro atoms. The average molecular weight is 416 g/mol. The third kappa shape index (κ3) is 4.21. The molecule has 2 heterocycles. The summed E-state index contributed by atoms with van der Waals surface area (Å²) in [6, 6.07) is 12.1. The number of rotatable bonds is 5. The molecule has 0 unspecified atom stereocenters. The summed E-state index contributed by atoms with van der Waals surface area (Å²) in [7, 11) is 0.